The van der Waals surface area contributed by atoms with E-state index in [1.54, 1.807) is 12.1 Å². The number of nitrogens with one attached hydrogen (secondary N) is 1. The van der Waals surface area contributed by atoms with Crippen LogP contribution in [0.1, 0.15) is 84.2 Å². The van der Waals surface area contributed by atoms with Gasteiger partial charge in [-0.2, -0.15) is 0 Å². The summed E-state index contributed by atoms with van der Waals surface area (Å²) in [6.07, 6.45) is 6.58. The van der Waals surface area contributed by atoms with Gasteiger partial charge in [0.25, 0.3) is 0 Å². The van der Waals surface area contributed by atoms with Gasteiger partial charge in [-0.05, 0) is 130 Å². The smallest absolute Gasteiger partial charge is 0.417 e. The maximum absolute atomic E-state index is 13.3. The van der Waals surface area contributed by atoms with Crippen LogP contribution in [-0.4, -0.2) is 64.5 Å². The van der Waals surface area contributed by atoms with Gasteiger partial charge in [0, 0.05) is 40.1 Å². The van der Waals surface area contributed by atoms with E-state index in [9.17, 15) is 19.5 Å². The molecule has 7 aliphatic rings. The molecule has 1 saturated heterocycles. The molecule has 0 radical (unpaired) electrons. The molecule has 4 saturated carbocycles. The summed E-state index contributed by atoms with van der Waals surface area (Å²) in [6, 6.07) is 16.3. The van der Waals surface area contributed by atoms with Crippen LogP contribution in [-0.2, 0) is 11.8 Å². The second-order valence-corrected chi connectivity index (χ2v) is 15.8. The Kier molecular flexibility index (Phi) is 6.97. The van der Waals surface area contributed by atoms with Crippen LogP contribution in [0.5, 0.6) is 17.2 Å². The van der Waals surface area contributed by atoms with Crippen molar-refractivity contribution in [3.63, 3.8) is 0 Å². The topological polar surface area (TPSA) is 135 Å². The number of ether oxygens (including phenoxy) is 3. The number of carbonyl (C=O) groups is 3. The third-order valence-corrected chi connectivity index (χ3v) is 13.3. The van der Waals surface area contributed by atoms with E-state index >= 15 is 0 Å². The number of hydrogen-bond acceptors (Lipinski definition) is 8. The second-order valence-electron chi connectivity index (χ2n) is 15.8. The van der Waals surface area contributed by atoms with Gasteiger partial charge in [-0.15, -0.1) is 0 Å². The predicted octanol–water partition coefficient (Wildman–Crippen LogP) is 6.44. The third-order valence-electron chi connectivity index (χ3n) is 13.3. The van der Waals surface area contributed by atoms with E-state index in [4.69, 9.17) is 19.3 Å². The number of carboxylic acid groups (broad SMARTS) is 1. The van der Waals surface area contributed by atoms with Crippen molar-refractivity contribution in [3.8, 4) is 17.2 Å². The first-order valence-electron chi connectivity index (χ1n) is 17.9. The molecule has 5 aliphatic carbocycles. The monoisotopic (exact) mass is 678 g/mol. The van der Waals surface area contributed by atoms with Gasteiger partial charge in [0.05, 0.1) is 17.2 Å². The lowest BCUT2D eigenvalue weighted by molar-refractivity contribution is -0.247. The molecule has 3 aromatic rings. The number of rotatable bonds is 8. The number of aliphatic hydroxyl groups is 1. The Hall–Kier alpha value is -4.41. The molecule has 2 heterocycles. The number of anilines is 1. The summed E-state index contributed by atoms with van der Waals surface area (Å²) in [6.45, 7) is 6.48. The van der Waals surface area contributed by atoms with Crippen LogP contribution in [0.4, 0.5) is 10.5 Å². The first-order valence-corrected chi connectivity index (χ1v) is 17.9. The van der Waals surface area contributed by atoms with Crippen LogP contribution < -0.4 is 19.5 Å². The highest BCUT2D eigenvalue weighted by Crippen LogP contribution is 2.78. The highest BCUT2D eigenvalue weighted by molar-refractivity contribution is 5.93. The number of benzene rings is 3. The molecular weight excluding hydrogens is 636 g/mol. The molecule has 10 heteroatoms. The normalized spacial score (nSPS) is 32.0. The molecule has 3 N–H and O–H groups in total. The molecule has 0 aromatic heterocycles. The van der Waals surface area contributed by atoms with Gasteiger partial charge in [-0.1, -0.05) is 13.0 Å². The molecule has 4 bridgehead atoms. The summed E-state index contributed by atoms with van der Waals surface area (Å²) < 4.78 is 18.5. The molecule has 7 atom stereocenters. The maximum Gasteiger partial charge on any atom is 0.417 e. The van der Waals surface area contributed by atoms with E-state index in [1.807, 2.05) is 13.0 Å². The van der Waals surface area contributed by atoms with E-state index in [2.05, 4.69) is 23.2 Å². The van der Waals surface area contributed by atoms with Crippen molar-refractivity contribution in [3.05, 3.63) is 82.9 Å². The van der Waals surface area contributed by atoms with Crippen molar-refractivity contribution in [2.24, 2.45) is 22.7 Å². The van der Waals surface area contributed by atoms with E-state index in [0.717, 1.165) is 44.6 Å². The lowest BCUT2D eigenvalue weighted by atomic mass is 9.32. The van der Waals surface area contributed by atoms with E-state index in [-0.39, 0.29) is 45.1 Å². The highest BCUT2D eigenvalue weighted by Gasteiger charge is 2.79. The van der Waals surface area contributed by atoms with E-state index in [1.165, 1.54) is 66.9 Å². The number of amides is 1. The summed E-state index contributed by atoms with van der Waals surface area (Å²) >= 11 is 0. The predicted molar refractivity (Wildman–Crippen MR) is 183 cm³/mol. The Bertz CT molecular complexity index is 1910. The van der Waals surface area contributed by atoms with Crippen LogP contribution in [0, 0.1) is 22.7 Å². The van der Waals surface area contributed by atoms with Crippen LogP contribution in [0.25, 0.3) is 0 Å². The molecule has 10 nitrogen and oxygen atoms in total. The highest BCUT2D eigenvalue weighted by atomic mass is 16.6. The van der Waals surface area contributed by atoms with Crippen molar-refractivity contribution in [2.45, 2.75) is 82.5 Å². The molecule has 3 aromatic carbocycles. The molecular formula is C40H42N2O8. The Balaban J connectivity index is 0.964. The molecule has 10 rings (SSSR count). The number of fused-ring (bicyclic) bond motifs is 2. The van der Waals surface area contributed by atoms with Gasteiger partial charge in [0.2, 0.25) is 0 Å². The number of hydrogen-bond donors (Lipinski definition) is 3. The number of aromatic carboxylic acids is 1. The summed E-state index contributed by atoms with van der Waals surface area (Å²) in [4.78, 5) is 39.9. The number of nitrogens with zero attached hydrogens (tertiary/aromatic N) is 1. The molecule has 260 valence electrons. The number of esters is 1. The SMILES string of the molecule is CC(O)[C@H]1C[C@@]23CC[C@@]1(C)[C@@H]1Oc4c(OC(=O)Nc5ccc(C(=O)Oc6ccc(C(=O)O)cc6)cc5)ccc5c4[C@@]12CCN(CC1CC1)[C@@H]3C5. The average Bonchev–Trinajstić information content (AvgIpc) is 3.84. The zero-order valence-electron chi connectivity index (χ0n) is 28.3. The fraction of sp³-hybridized carbons (Fsp3) is 0.475. The number of carboxylic acids is 1. The van der Waals surface area contributed by atoms with Crippen molar-refractivity contribution < 1.29 is 38.8 Å². The zero-order chi connectivity index (χ0) is 34.6. The molecule has 50 heavy (non-hydrogen) atoms. The van der Waals surface area contributed by atoms with Crippen molar-refractivity contribution in [1.29, 1.82) is 0 Å². The maximum atomic E-state index is 13.3. The number of aliphatic hydroxyl groups excluding tert-OH is 1. The summed E-state index contributed by atoms with van der Waals surface area (Å²) in [5.74, 6) is 0.583. The molecule has 1 amide bonds. The third kappa shape index (κ3) is 4.50. The Morgan fingerprint density at radius 3 is 2.42 bits per heavy atom. The second kappa shape index (κ2) is 11.0. The van der Waals surface area contributed by atoms with E-state index < -0.39 is 24.1 Å². The van der Waals surface area contributed by atoms with Crippen LogP contribution >= 0.6 is 0 Å². The minimum Gasteiger partial charge on any atom is -0.485 e. The van der Waals surface area contributed by atoms with Gasteiger partial charge < -0.3 is 24.4 Å². The molecule has 5 fully saturated rings. The minimum absolute atomic E-state index is 0.00811. The average molecular weight is 679 g/mol. The fourth-order valence-corrected chi connectivity index (χ4v) is 11.0. The lowest BCUT2D eigenvalue weighted by Crippen LogP contribution is -2.78. The van der Waals surface area contributed by atoms with Gasteiger partial charge >= 0.3 is 18.0 Å². The van der Waals surface area contributed by atoms with Crippen molar-refractivity contribution >= 4 is 23.7 Å². The Morgan fingerprint density at radius 2 is 1.72 bits per heavy atom. The Morgan fingerprint density at radius 1 is 0.980 bits per heavy atom. The van der Waals surface area contributed by atoms with Gasteiger partial charge in [0.15, 0.2) is 11.5 Å². The first-order chi connectivity index (χ1) is 24.0. The van der Waals surface area contributed by atoms with Gasteiger partial charge in [-0.3, -0.25) is 10.2 Å². The van der Waals surface area contributed by atoms with Crippen LogP contribution in [0.15, 0.2) is 60.7 Å². The molecule has 1 unspecified atom stereocenters. The summed E-state index contributed by atoms with van der Waals surface area (Å²) in [5.41, 5.74) is 2.98. The van der Waals surface area contributed by atoms with E-state index in [0.29, 0.717) is 23.2 Å². The summed E-state index contributed by atoms with van der Waals surface area (Å²) in [7, 11) is 0. The summed E-state index contributed by atoms with van der Waals surface area (Å²) in [5, 5.41) is 23.0. The standard InChI is InChI=1S/C40H42N2O8/c1-22(43)29-20-39-16-15-38(29,2)36-40(39)17-18-42(21-23-3-4-23)31(39)19-26-9-14-30(33(50-36)32(26)40)49-37(47)41-27-10-5-25(6-11-27)35(46)48-28-12-7-24(8-13-28)34(44)45/h5-14,22-23,29,31,36,43H,3-4,15-21H2,1-2H3,(H,41,47)(H,44,45)/t22?,29-,31-,36+,38-,39-,40+/m1/s1. The Labute approximate surface area is 290 Å². The number of likely N-dealkylation sites (tertiary alicyclic amines) is 1. The molecule has 2 spiro atoms. The van der Waals surface area contributed by atoms with Crippen molar-refractivity contribution in [2.75, 3.05) is 18.4 Å². The number of piperidine rings is 1. The largest absolute Gasteiger partial charge is 0.485 e. The first kappa shape index (κ1) is 31.6. The van der Waals surface area contributed by atoms with Crippen LogP contribution in [0.2, 0.25) is 0 Å². The van der Waals surface area contributed by atoms with Crippen LogP contribution in [0.3, 0.4) is 0 Å². The lowest BCUT2D eigenvalue weighted by Gasteiger charge is -2.74. The van der Waals surface area contributed by atoms with Gasteiger partial charge in [-0.25, -0.2) is 14.4 Å². The minimum atomic E-state index is -1.07. The fourth-order valence-electron chi connectivity index (χ4n) is 11.0. The van der Waals surface area contributed by atoms with Crippen molar-refractivity contribution in [1.82, 2.24) is 4.90 Å². The zero-order valence-corrected chi connectivity index (χ0v) is 28.3. The number of carbonyl (C=O) groups excluding carboxylic acids is 2. The molecule has 2 aliphatic heterocycles. The van der Waals surface area contributed by atoms with Gasteiger partial charge in [0.1, 0.15) is 11.9 Å². The quantitative estimate of drug-likeness (QED) is 0.182.